The third-order valence-corrected chi connectivity index (χ3v) is 1.88. The molecule has 44 valence electrons. The molecule has 0 atom stereocenters. The number of hydrogen-bond donors (Lipinski definition) is 3. The second-order valence-electron chi connectivity index (χ2n) is 1.47. The van der Waals surface area contributed by atoms with E-state index in [0.717, 1.165) is 11.5 Å². The highest BCUT2D eigenvalue weighted by molar-refractivity contribution is 7.81. The van der Waals surface area contributed by atoms with E-state index >= 15 is 0 Å². The van der Waals surface area contributed by atoms with E-state index in [2.05, 4.69) is 25.3 Å². The summed E-state index contributed by atoms with van der Waals surface area (Å²) in [6.07, 6.45) is 0. The molecule has 0 radical (unpaired) electrons. The first-order valence-electron chi connectivity index (χ1n) is 2.27. The molecule has 1 nitrogen and oxygen atoms in total. The summed E-state index contributed by atoms with van der Waals surface area (Å²) in [6, 6.07) is 0. The number of thiol groups is 2. The van der Waals surface area contributed by atoms with Gasteiger partial charge in [-0.15, -0.1) is 0 Å². The lowest BCUT2D eigenvalue weighted by atomic mass is 10.2. The topological polar surface area (TPSA) is 26.0 Å². The average Bonchev–Trinajstić information content (AvgIpc) is 1.72. The molecule has 3 heteroatoms. The first-order chi connectivity index (χ1) is 3.35. The van der Waals surface area contributed by atoms with Gasteiger partial charge in [0.1, 0.15) is 0 Å². The Labute approximate surface area is 55.5 Å². The summed E-state index contributed by atoms with van der Waals surface area (Å²) < 4.78 is 0. The Kier molecular flexibility index (Phi) is 5.26. The minimum atomic E-state index is 0.492. The predicted molar refractivity (Wildman–Crippen MR) is 40.3 cm³/mol. The van der Waals surface area contributed by atoms with Gasteiger partial charge < -0.3 is 5.73 Å². The molecule has 0 saturated carbocycles. The fraction of sp³-hybridized carbons (Fsp3) is 1.00. The lowest BCUT2D eigenvalue weighted by Crippen LogP contribution is -2.16. The second kappa shape index (κ2) is 4.81. The van der Waals surface area contributed by atoms with Crippen LogP contribution in [-0.4, -0.2) is 18.1 Å². The van der Waals surface area contributed by atoms with Crippen LogP contribution in [0.4, 0.5) is 0 Å². The minimum Gasteiger partial charge on any atom is -0.330 e. The zero-order valence-electron chi connectivity index (χ0n) is 4.17. The monoisotopic (exact) mass is 137 g/mol. The highest BCUT2D eigenvalue weighted by Crippen LogP contribution is 1.97. The normalized spacial score (nSPS) is 10.3. The molecule has 0 aliphatic rings. The van der Waals surface area contributed by atoms with E-state index in [0.29, 0.717) is 12.5 Å². The van der Waals surface area contributed by atoms with Crippen LogP contribution >= 0.6 is 25.3 Å². The van der Waals surface area contributed by atoms with Crippen molar-refractivity contribution in [2.45, 2.75) is 0 Å². The summed E-state index contributed by atoms with van der Waals surface area (Å²) in [5.41, 5.74) is 5.30. The Morgan fingerprint density at radius 3 is 1.71 bits per heavy atom. The minimum absolute atomic E-state index is 0.492. The van der Waals surface area contributed by atoms with Crippen molar-refractivity contribution in [2.75, 3.05) is 18.1 Å². The molecule has 0 unspecified atom stereocenters. The molecule has 0 saturated heterocycles. The van der Waals surface area contributed by atoms with Crippen LogP contribution in [0.3, 0.4) is 0 Å². The summed E-state index contributed by atoms with van der Waals surface area (Å²) in [6.45, 7) is 0.701. The number of nitrogens with two attached hydrogens (primary N) is 1. The van der Waals surface area contributed by atoms with Crippen molar-refractivity contribution in [3.05, 3.63) is 0 Å². The van der Waals surface area contributed by atoms with Crippen LogP contribution in [0, 0.1) is 5.92 Å². The second-order valence-corrected chi connectivity index (χ2v) is 2.20. The van der Waals surface area contributed by atoms with Gasteiger partial charge in [-0.3, -0.25) is 0 Å². The van der Waals surface area contributed by atoms with Crippen molar-refractivity contribution in [3.63, 3.8) is 0 Å². The van der Waals surface area contributed by atoms with Crippen LogP contribution in [0.2, 0.25) is 0 Å². The smallest absolute Gasteiger partial charge is 0.00332 e. The molecule has 7 heavy (non-hydrogen) atoms. The van der Waals surface area contributed by atoms with E-state index in [1.54, 1.807) is 0 Å². The Hall–Kier alpha value is 0.660. The number of hydrogen-bond acceptors (Lipinski definition) is 3. The van der Waals surface area contributed by atoms with Crippen LogP contribution in [0.5, 0.6) is 0 Å². The average molecular weight is 137 g/mol. The molecule has 0 spiro atoms. The Balaban J connectivity index is 2.99. The fourth-order valence-corrected chi connectivity index (χ4v) is 0.967. The lowest BCUT2D eigenvalue weighted by Gasteiger charge is -2.04. The van der Waals surface area contributed by atoms with Crippen molar-refractivity contribution in [1.82, 2.24) is 0 Å². The van der Waals surface area contributed by atoms with E-state index in [9.17, 15) is 0 Å². The SMILES string of the molecule is NCC(CS)CS. The van der Waals surface area contributed by atoms with E-state index in [1.807, 2.05) is 0 Å². The van der Waals surface area contributed by atoms with Gasteiger partial charge in [-0.2, -0.15) is 25.3 Å². The molecule has 0 aromatic rings. The van der Waals surface area contributed by atoms with Gasteiger partial charge in [-0.1, -0.05) is 0 Å². The lowest BCUT2D eigenvalue weighted by molar-refractivity contribution is 0.691. The Bertz CT molecular complexity index is 31.2. The summed E-state index contributed by atoms with van der Waals surface area (Å²) >= 11 is 8.09. The van der Waals surface area contributed by atoms with Gasteiger partial charge in [-0.05, 0) is 24.0 Å². The molecule has 0 bridgehead atoms. The quantitative estimate of drug-likeness (QED) is 0.483. The summed E-state index contributed by atoms with van der Waals surface area (Å²) in [5, 5.41) is 0. The molecule has 0 aliphatic heterocycles. The van der Waals surface area contributed by atoms with E-state index in [-0.39, 0.29) is 0 Å². The van der Waals surface area contributed by atoms with Gasteiger partial charge in [-0.25, -0.2) is 0 Å². The van der Waals surface area contributed by atoms with Crippen molar-refractivity contribution in [3.8, 4) is 0 Å². The predicted octanol–water partition coefficient (Wildman–Crippen LogP) is 0.421. The van der Waals surface area contributed by atoms with Crippen LogP contribution in [0.15, 0.2) is 0 Å². The maximum Gasteiger partial charge on any atom is -0.00332 e. The van der Waals surface area contributed by atoms with E-state index in [1.165, 1.54) is 0 Å². The van der Waals surface area contributed by atoms with Crippen molar-refractivity contribution in [1.29, 1.82) is 0 Å². The molecule has 0 aromatic carbocycles. The maximum atomic E-state index is 5.30. The molecular weight excluding hydrogens is 126 g/mol. The van der Waals surface area contributed by atoms with Crippen molar-refractivity contribution < 1.29 is 0 Å². The first-order valence-corrected chi connectivity index (χ1v) is 3.53. The van der Waals surface area contributed by atoms with Crippen LogP contribution < -0.4 is 5.73 Å². The molecular formula is C4H11NS2. The third kappa shape index (κ3) is 3.26. The zero-order valence-corrected chi connectivity index (χ0v) is 5.96. The zero-order chi connectivity index (χ0) is 5.70. The van der Waals surface area contributed by atoms with Crippen molar-refractivity contribution in [2.24, 2.45) is 11.7 Å². The summed E-state index contributed by atoms with van der Waals surface area (Å²) in [4.78, 5) is 0. The van der Waals surface area contributed by atoms with Gasteiger partial charge in [0.15, 0.2) is 0 Å². The van der Waals surface area contributed by atoms with E-state index in [4.69, 9.17) is 5.73 Å². The Morgan fingerprint density at radius 1 is 1.29 bits per heavy atom. The number of rotatable bonds is 3. The summed E-state index contributed by atoms with van der Waals surface area (Å²) in [7, 11) is 0. The van der Waals surface area contributed by atoms with E-state index < -0.39 is 0 Å². The summed E-state index contributed by atoms with van der Waals surface area (Å²) in [5.74, 6) is 2.19. The largest absolute Gasteiger partial charge is 0.330 e. The third-order valence-electron chi connectivity index (χ3n) is 0.850. The van der Waals surface area contributed by atoms with Gasteiger partial charge >= 0.3 is 0 Å². The van der Waals surface area contributed by atoms with Crippen molar-refractivity contribution >= 4 is 25.3 Å². The van der Waals surface area contributed by atoms with Crippen LogP contribution in [0.1, 0.15) is 0 Å². The van der Waals surface area contributed by atoms with Crippen LogP contribution in [0.25, 0.3) is 0 Å². The van der Waals surface area contributed by atoms with Gasteiger partial charge in [0, 0.05) is 0 Å². The molecule has 0 aliphatic carbocycles. The maximum absolute atomic E-state index is 5.30. The standard InChI is InChI=1S/C4H11NS2/c5-1-4(2-6)3-7/h4,6-7H,1-3,5H2. The van der Waals surface area contributed by atoms with Gasteiger partial charge in [0.2, 0.25) is 0 Å². The fourth-order valence-electron chi connectivity index (χ4n) is 0.207. The molecule has 2 N–H and O–H groups in total. The Morgan fingerprint density at radius 2 is 1.71 bits per heavy atom. The highest BCUT2D eigenvalue weighted by Gasteiger charge is 1.97. The van der Waals surface area contributed by atoms with Gasteiger partial charge in [0.25, 0.3) is 0 Å². The van der Waals surface area contributed by atoms with Gasteiger partial charge in [0.05, 0.1) is 0 Å². The van der Waals surface area contributed by atoms with Crippen LogP contribution in [-0.2, 0) is 0 Å². The molecule has 0 aromatic heterocycles. The molecule has 0 fully saturated rings. The highest BCUT2D eigenvalue weighted by atomic mass is 32.1. The first kappa shape index (κ1) is 7.66. The molecule has 0 rings (SSSR count). The molecule has 0 heterocycles. The molecule has 0 amide bonds.